The van der Waals surface area contributed by atoms with Crippen molar-refractivity contribution in [2.24, 2.45) is 10.8 Å². The predicted molar refractivity (Wildman–Crippen MR) is 70.6 cm³/mol. The molecular weight excluding hydrogens is 212 g/mol. The highest BCUT2D eigenvalue weighted by molar-refractivity contribution is 5.79. The summed E-state index contributed by atoms with van der Waals surface area (Å²) in [5.74, 6) is 6.67. The summed E-state index contributed by atoms with van der Waals surface area (Å²) in [6, 6.07) is 11.2. The summed E-state index contributed by atoms with van der Waals surface area (Å²) < 4.78 is 0. The van der Waals surface area contributed by atoms with Crippen LogP contribution in [0.5, 0.6) is 0 Å². The maximum Gasteiger partial charge on any atom is 0.206 e. The van der Waals surface area contributed by atoms with Gasteiger partial charge in [-0.15, -0.1) is 0 Å². The average Bonchev–Trinajstić information content (AvgIpc) is 3.08. The van der Waals surface area contributed by atoms with Gasteiger partial charge < -0.3 is 5.32 Å². The van der Waals surface area contributed by atoms with Crippen molar-refractivity contribution in [2.75, 3.05) is 0 Å². The first-order valence-corrected chi connectivity index (χ1v) is 6.06. The number of nitrogens with zero attached hydrogens (tertiary/aromatic N) is 1. The molecule has 1 saturated carbocycles. The zero-order valence-corrected chi connectivity index (χ0v) is 10.4. The minimum Gasteiger partial charge on any atom is -0.353 e. The van der Waals surface area contributed by atoms with Crippen molar-refractivity contribution in [1.29, 1.82) is 0 Å². The molecule has 1 aromatic carbocycles. The normalized spacial score (nSPS) is 23.6. The number of aliphatic imine (C=N–C) groups is 1. The number of nitrogens with one attached hydrogen (secondary N) is 2. The third kappa shape index (κ3) is 3.20. The third-order valence-electron chi connectivity index (χ3n) is 2.84. The van der Waals surface area contributed by atoms with Crippen molar-refractivity contribution < 1.29 is 0 Å². The average molecular weight is 232 g/mol. The van der Waals surface area contributed by atoms with E-state index in [-0.39, 0.29) is 0 Å². The number of guanidine groups is 1. The van der Waals surface area contributed by atoms with Crippen LogP contribution in [0, 0.1) is 0 Å². The minimum absolute atomic E-state index is 0.332. The van der Waals surface area contributed by atoms with Gasteiger partial charge in [0.25, 0.3) is 0 Å². The predicted octanol–water partition coefficient (Wildman–Crippen LogP) is 1.36. The standard InChI is InChI=1S/C13H20N4/c1-9(2)15-13(17-14)16-12-8-11(12)10-6-4-3-5-7-10/h3-7,9,11-12H,8,14H2,1-2H3,(H2,15,16,17). The van der Waals surface area contributed by atoms with Crippen LogP contribution in [0.4, 0.5) is 0 Å². The van der Waals surface area contributed by atoms with E-state index in [4.69, 9.17) is 5.84 Å². The number of hydrogen-bond acceptors (Lipinski definition) is 2. The molecule has 4 N–H and O–H groups in total. The molecule has 2 rings (SSSR count). The van der Waals surface area contributed by atoms with E-state index in [0.29, 0.717) is 24.0 Å². The lowest BCUT2D eigenvalue weighted by molar-refractivity contribution is 0.701. The Balaban J connectivity index is 1.96. The van der Waals surface area contributed by atoms with Gasteiger partial charge in [-0.25, -0.2) is 10.8 Å². The van der Waals surface area contributed by atoms with Crippen molar-refractivity contribution in [2.45, 2.75) is 38.3 Å². The highest BCUT2D eigenvalue weighted by Gasteiger charge is 2.38. The number of nitrogens with two attached hydrogens (primary N) is 1. The molecule has 0 amide bonds. The number of hydrogen-bond donors (Lipinski definition) is 3. The van der Waals surface area contributed by atoms with E-state index in [9.17, 15) is 0 Å². The summed E-state index contributed by atoms with van der Waals surface area (Å²) >= 11 is 0. The van der Waals surface area contributed by atoms with Gasteiger partial charge in [-0.1, -0.05) is 30.3 Å². The van der Waals surface area contributed by atoms with E-state index in [1.807, 2.05) is 6.07 Å². The fourth-order valence-electron chi connectivity index (χ4n) is 1.94. The summed E-state index contributed by atoms with van der Waals surface area (Å²) in [5, 5.41) is 3.19. The molecule has 0 radical (unpaired) electrons. The fraction of sp³-hybridized carbons (Fsp3) is 0.462. The highest BCUT2D eigenvalue weighted by Crippen LogP contribution is 2.43. The zero-order chi connectivity index (χ0) is 12.3. The van der Waals surface area contributed by atoms with Gasteiger partial charge in [-0.2, -0.15) is 0 Å². The zero-order valence-electron chi connectivity index (χ0n) is 10.4. The van der Waals surface area contributed by atoms with Crippen LogP contribution in [-0.2, 0) is 0 Å². The monoisotopic (exact) mass is 232 g/mol. The summed E-state index contributed by atoms with van der Waals surface area (Å²) in [4.78, 5) is 4.57. The van der Waals surface area contributed by atoms with Crippen LogP contribution in [-0.4, -0.2) is 18.0 Å². The van der Waals surface area contributed by atoms with Crippen molar-refractivity contribution >= 4 is 5.96 Å². The van der Waals surface area contributed by atoms with E-state index >= 15 is 0 Å². The number of benzene rings is 1. The molecule has 1 fully saturated rings. The van der Waals surface area contributed by atoms with E-state index in [2.05, 4.69) is 53.8 Å². The SMILES string of the molecule is CC(C)NC(=NC1CC1c1ccccc1)NN. The van der Waals surface area contributed by atoms with Crippen molar-refractivity contribution in [1.82, 2.24) is 10.7 Å². The Morgan fingerprint density at radius 2 is 2.06 bits per heavy atom. The van der Waals surface area contributed by atoms with Gasteiger partial charge in [0.1, 0.15) is 0 Å². The quantitative estimate of drug-likeness (QED) is 0.319. The van der Waals surface area contributed by atoms with Crippen LogP contribution in [0.15, 0.2) is 35.3 Å². The molecule has 2 unspecified atom stereocenters. The lowest BCUT2D eigenvalue weighted by Gasteiger charge is -2.11. The van der Waals surface area contributed by atoms with E-state index < -0.39 is 0 Å². The van der Waals surface area contributed by atoms with Crippen LogP contribution < -0.4 is 16.6 Å². The smallest absolute Gasteiger partial charge is 0.206 e. The Morgan fingerprint density at radius 3 is 2.65 bits per heavy atom. The molecule has 0 heterocycles. The Morgan fingerprint density at radius 1 is 1.35 bits per heavy atom. The Kier molecular flexibility index (Phi) is 3.64. The summed E-state index contributed by atoms with van der Waals surface area (Å²) in [7, 11) is 0. The first-order chi connectivity index (χ1) is 8.20. The van der Waals surface area contributed by atoms with Gasteiger partial charge >= 0.3 is 0 Å². The maximum atomic E-state index is 5.44. The van der Waals surface area contributed by atoms with Crippen LogP contribution in [0.1, 0.15) is 31.7 Å². The molecule has 1 aliphatic rings. The molecule has 0 bridgehead atoms. The van der Waals surface area contributed by atoms with E-state index in [1.165, 1.54) is 5.56 Å². The Hall–Kier alpha value is -1.55. The van der Waals surface area contributed by atoms with Gasteiger partial charge in [0, 0.05) is 12.0 Å². The van der Waals surface area contributed by atoms with E-state index in [1.54, 1.807) is 0 Å². The second kappa shape index (κ2) is 5.19. The van der Waals surface area contributed by atoms with Crippen molar-refractivity contribution in [3.05, 3.63) is 35.9 Å². The first-order valence-electron chi connectivity index (χ1n) is 6.06. The van der Waals surface area contributed by atoms with Crippen LogP contribution in [0.3, 0.4) is 0 Å². The van der Waals surface area contributed by atoms with Gasteiger partial charge in [0.05, 0.1) is 6.04 Å². The van der Waals surface area contributed by atoms with Gasteiger partial charge in [-0.3, -0.25) is 5.43 Å². The molecule has 92 valence electrons. The largest absolute Gasteiger partial charge is 0.353 e. The molecule has 0 saturated heterocycles. The summed E-state index contributed by atoms with van der Waals surface area (Å²) in [6.07, 6.45) is 1.11. The molecule has 0 aromatic heterocycles. The van der Waals surface area contributed by atoms with Crippen molar-refractivity contribution in [3.63, 3.8) is 0 Å². The van der Waals surface area contributed by atoms with Crippen LogP contribution in [0.25, 0.3) is 0 Å². The molecule has 4 heteroatoms. The lowest BCUT2D eigenvalue weighted by Crippen LogP contribution is -2.44. The maximum absolute atomic E-state index is 5.44. The van der Waals surface area contributed by atoms with Gasteiger partial charge in [0.2, 0.25) is 5.96 Å². The van der Waals surface area contributed by atoms with Gasteiger partial charge in [0.15, 0.2) is 0 Å². The minimum atomic E-state index is 0.332. The highest BCUT2D eigenvalue weighted by atomic mass is 15.3. The fourth-order valence-corrected chi connectivity index (χ4v) is 1.94. The molecule has 1 aromatic rings. The number of rotatable bonds is 3. The second-order valence-electron chi connectivity index (χ2n) is 4.74. The summed E-state index contributed by atoms with van der Waals surface area (Å²) in [5.41, 5.74) is 3.98. The molecule has 1 aliphatic carbocycles. The van der Waals surface area contributed by atoms with Gasteiger partial charge in [-0.05, 0) is 25.8 Å². The van der Waals surface area contributed by atoms with Crippen molar-refractivity contribution in [3.8, 4) is 0 Å². The molecule has 0 spiro atoms. The second-order valence-corrected chi connectivity index (χ2v) is 4.74. The van der Waals surface area contributed by atoms with Crippen LogP contribution in [0.2, 0.25) is 0 Å². The number of hydrazine groups is 1. The lowest BCUT2D eigenvalue weighted by atomic mass is 10.1. The molecule has 2 atom stereocenters. The molecule has 0 aliphatic heterocycles. The first kappa shape index (κ1) is 11.9. The summed E-state index contributed by atoms with van der Waals surface area (Å²) in [6.45, 7) is 4.13. The Bertz CT molecular complexity index is 386. The molecule has 17 heavy (non-hydrogen) atoms. The Labute approximate surface area is 102 Å². The van der Waals surface area contributed by atoms with E-state index in [0.717, 1.165) is 6.42 Å². The molecular formula is C13H20N4. The topological polar surface area (TPSA) is 62.4 Å². The third-order valence-corrected chi connectivity index (χ3v) is 2.84. The van der Waals surface area contributed by atoms with Crippen LogP contribution >= 0.6 is 0 Å². The molecule has 4 nitrogen and oxygen atoms in total.